The molecule has 2 heterocycles. The number of benzene rings is 1. The molecular formula is C20H23N5O. The summed E-state index contributed by atoms with van der Waals surface area (Å²) in [6.07, 6.45) is 3.47. The maximum atomic E-state index is 9.29. The van der Waals surface area contributed by atoms with Crippen LogP contribution in [0.4, 0.5) is 11.8 Å². The van der Waals surface area contributed by atoms with Gasteiger partial charge in [0.1, 0.15) is 5.82 Å². The Hall–Kier alpha value is -2.99. The average molecular weight is 349 g/mol. The Kier molecular flexibility index (Phi) is 5.76. The van der Waals surface area contributed by atoms with Crippen molar-refractivity contribution in [2.75, 3.05) is 17.2 Å². The van der Waals surface area contributed by atoms with Gasteiger partial charge in [0.25, 0.3) is 0 Å². The number of aromatic nitrogens is 3. The third kappa shape index (κ3) is 4.55. The van der Waals surface area contributed by atoms with Gasteiger partial charge in [-0.25, -0.2) is 4.98 Å². The number of nitrogens with zero attached hydrogens (tertiary/aromatic N) is 3. The highest BCUT2D eigenvalue weighted by Gasteiger charge is 2.09. The maximum Gasteiger partial charge on any atom is 0.225 e. The highest BCUT2D eigenvalue weighted by molar-refractivity contribution is 5.64. The topological polar surface area (TPSA) is 83.0 Å². The molecule has 26 heavy (non-hydrogen) atoms. The van der Waals surface area contributed by atoms with Crippen LogP contribution in [-0.4, -0.2) is 32.7 Å². The molecule has 134 valence electrons. The Morgan fingerprint density at radius 1 is 1.08 bits per heavy atom. The van der Waals surface area contributed by atoms with E-state index in [0.717, 1.165) is 17.1 Å². The molecule has 6 heteroatoms. The van der Waals surface area contributed by atoms with Gasteiger partial charge in [0.15, 0.2) is 0 Å². The molecule has 2 aromatic heterocycles. The van der Waals surface area contributed by atoms with Crippen LogP contribution in [-0.2, 0) is 6.54 Å². The summed E-state index contributed by atoms with van der Waals surface area (Å²) in [6.45, 7) is 4.65. The van der Waals surface area contributed by atoms with E-state index in [-0.39, 0.29) is 12.6 Å². The van der Waals surface area contributed by atoms with Gasteiger partial charge >= 0.3 is 0 Å². The molecule has 0 aliphatic heterocycles. The van der Waals surface area contributed by atoms with Crippen LogP contribution in [0.3, 0.4) is 0 Å². The number of aryl methyl sites for hydroxylation is 1. The molecule has 0 saturated heterocycles. The first-order valence-electron chi connectivity index (χ1n) is 8.61. The van der Waals surface area contributed by atoms with Crippen LogP contribution in [0.1, 0.15) is 18.1 Å². The summed E-state index contributed by atoms with van der Waals surface area (Å²) in [5.74, 6) is 1.20. The van der Waals surface area contributed by atoms with E-state index in [4.69, 9.17) is 0 Å². The molecule has 0 radical (unpaired) electrons. The first-order chi connectivity index (χ1) is 12.7. The van der Waals surface area contributed by atoms with Gasteiger partial charge in [-0.1, -0.05) is 24.3 Å². The highest BCUT2D eigenvalue weighted by atomic mass is 16.3. The lowest BCUT2D eigenvalue weighted by Gasteiger charge is -2.14. The van der Waals surface area contributed by atoms with E-state index < -0.39 is 0 Å². The zero-order valence-corrected chi connectivity index (χ0v) is 15.0. The summed E-state index contributed by atoms with van der Waals surface area (Å²) < 4.78 is 0. The zero-order chi connectivity index (χ0) is 18.4. The molecule has 0 bridgehead atoms. The highest BCUT2D eigenvalue weighted by Crippen LogP contribution is 2.22. The number of rotatable bonds is 7. The SMILES string of the molecule is Cc1ccccc1CNc1cc(-c2ccncc2)nc(N[C@@H](C)CO)n1. The zero-order valence-electron chi connectivity index (χ0n) is 15.0. The van der Waals surface area contributed by atoms with Crippen LogP contribution >= 0.6 is 0 Å². The minimum atomic E-state index is -0.132. The Morgan fingerprint density at radius 2 is 1.85 bits per heavy atom. The van der Waals surface area contributed by atoms with Crippen LogP contribution < -0.4 is 10.6 Å². The van der Waals surface area contributed by atoms with Crippen LogP contribution in [0.15, 0.2) is 54.9 Å². The maximum absolute atomic E-state index is 9.29. The fraction of sp³-hybridized carbons (Fsp3) is 0.250. The van der Waals surface area contributed by atoms with Crippen molar-refractivity contribution in [3.63, 3.8) is 0 Å². The van der Waals surface area contributed by atoms with Gasteiger partial charge in [-0.2, -0.15) is 4.98 Å². The standard InChI is InChI=1S/C20H23N5O/c1-14-5-3-4-6-17(14)12-22-19-11-18(16-7-9-21-10-8-16)24-20(25-19)23-15(2)13-26/h3-11,15,26H,12-13H2,1-2H3,(H2,22,23,24,25)/t15-/m0/s1. The fourth-order valence-electron chi connectivity index (χ4n) is 2.53. The summed E-state index contributed by atoms with van der Waals surface area (Å²) >= 11 is 0. The Morgan fingerprint density at radius 3 is 2.58 bits per heavy atom. The van der Waals surface area contributed by atoms with Crippen molar-refractivity contribution in [2.24, 2.45) is 0 Å². The van der Waals surface area contributed by atoms with E-state index in [2.05, 4.69) is 44.6 Å². The molecule has 3 aromatic rings. The van der Waals surface area contributed by atoms with Crippen molar-refractivity contribution in [2.45, 2.75) is 26.4 Å². The minimum absolute atomic E-state index is 0.00875. The van der Waals surface area contributed by atoms with E-state index in [1.807, 2.05) is 37.3 Å². The molecule has 1 aromatic carbocycles. The molecule has 0 amide bonds. The lowest BCUT2D eigenvalue weighted by molar-refractivity contribution is 0.281. The quantitative estimate of drug-likeness (QED) is 0.607. The summed E-state index contributed by atoms with van der Waals surface area (Å²) in [5.41, 5.74) is 4.20. The molecule has 3 rings (SSSR count). The lowest BCUT2D eigenvalue weighted by Crippen LogP contribution is -2.21. The largest absolute Gasteiger partial charge is 0.394 e. The van der Waals surface area contributed by atoms with Gasteiger partial charge in [-0.3, -0.25) is 4.98 Å². The van der Waals surface area contributed by atoms with Gasteiger partial charge in [0.05, 0.1) is 12.3 Å². The van der Waals surface area contributed by atoms with E-state index in [1.54, 1.807) is 12.4 Å². The van der Waals surface area contributed by atoms with E-state index in [1.165, 1.54) is 11.1 Å². The van der Waals surface area contributed by atoms with Gasteiger partial charge in [0, 0.05) is 36.6 Å². The van der Waals surface area contributed by atoms with Gasteiger partial charge in [0.2, 0.25) is 5.95 Å². The summed E-state index contributed by atoms with van der Waals surface area (Å²) in [4.78, 5) is 13.1. The second kappa shape index (κ2) is 8.40. The Labute approximate surface area is 153 Å². The third-order valence-corrected chi connectivity index (χ3v) is 4.07. The number of pyridine rings is 1. The van der Waals surface area contributed by atoms with Crippen molar-refractivity contribution in [1.29, 1.82) is 0 Å². The number of aliphatic hydroxyl groups excluding tert-OH is 1. The first kappa shape index (κ1) is 17.8. The van der Waals surface area contributed by atoms with Crippen molar-refractivity contribution in [1.82, 2.24) is 15.0 Å². The number of anilines is 2. The van der Waals surface area contributed by atoms with Crippen LogP contribution in [0.2, 0.25) is 0 Å². The van der Waals surface area contributed by atoms with Crippen LogP contribution in [0.25, 0.3) is 11.3 Å². The molecule has 3 N–H and O–H groups in total. The van der Waals surface area contributed by atoms with Crippen molar-refractivity contribution < 1.29 is 5.11 Å². The lowest BCUT2D eigenvalue weighted by atomic mass is 10.1. The molecule has 0 aliphatic rings. The first-order valence-corrected chi connectivity index (χ1v) is 8.61. The van der Waals surface area contributed by atoms with Crippen molar-refractivity contribution in [3.8, 4) is 11.3 Å². The van der Waals surface area contributed by atoms with E-state index in [0.29, 0.717) is 12.5 Å². The molecule has 1 atom stereocenters. The second-order valence-electron chi connectivity index (χ2n) is 6.21. The third-order valence-electron chi connectivity index (χ3n) is 4.07. The number of aliphatic hydroxyl groups is 1. The monoisotopic (exact) mass is 349 g/mol. The van der Waals surface area contributed by atoms with Gasteiger partial charge in [-0.05, 0) is 37.1 Å². The normalized spacial score (nSPS) is 11.8. The molecule has 0 aliphatic carbocycles. The van der Waals surface area contributed by atoms with Gasteiger partial charge < -0.3 is 15.7 Å². The smallest absolute Gasteiger partial charge is 0.225 e. The van der Waals surface area contributed by atoms with E-state index in [9.17, 15) is 5.11 Å². The summed E-state index contributed by atoms with van der Waals surface area (Å²) in [5, 5.41) is 15.8. The van der Waals surface area contributed by atoms with Gasteiger partial charge in [-0.15, -0.1) is 0 Å². The number of hydrogen-bond acceptors (Lipinski definition) is 6. The number of nitrogens with one attached hydrogen (secondary N) is 2. The Balaban J connectivity index is 1.88. The molecule has 0 spiro atoms. The average Bonchev–Trinajstić information content (AvgIpc) is 2.68. The Bertz CT molecular complexity index is 854. The molecule has 6 nitrogen and oxygen atoms in total. The molecule has 0 saturated carbocycles. The predicted octanol–water partition coefficient (Wildman–Crippen LogP) is 3.25. The van der Waals surface area contributed by atoms with Crippen molar-refractivity contribution >= 4 is 11.8 Å². The predicted molar refractivity (Wildman–Crippen MR) is 104 cm³/mol. The molecule has 0 unspecified atom stereocenters. The number of hydrogen-bond donors (Lipinski definition) is 3. The van der Waals surface area contributed by atoms with Crippen molar-refractivity contribution in [3.05, 3.63) is 66.0 Å². The molecular weight excluding hydrogens is 326 g/mol. The minimum Gasteiger partial charge on any atom is -0.394 e. The second-order valence-corrected chi connectivity index (χ2v) is 6.21. The van der Waals surface area contributed by atoms with Crippen LogP contribution in [0, 0.1) is 6.92 Å². The summed E-state index contributed by atoms with van der Waals surface area (Å²) in [6, 6.07) is 13.9. The van der Waals surface area contributed by atoms with E-state index >= 15 is 0 Å². The molecule has 0 fully saturated rings. The summed E-state index contributed by atoms with van der Waals surface area (Å²) in [7, 11) is 0. The van der Waals surface area contributed by atoms with Crippen LogP contribution in [0.5, 0.6) is 0 Å². The fourth-order valence-corrected chi connectivity index (χ4v) is 2.53.